The maximum absolute atomic E-state index is 13.2. The lowest BCUT2D eigenvalue weighted by Gasteiger charge is -2.31. The maximum Gasteiger partial charge on any atom is 0.242 e. The van der Waals surface area contributed by atoms with Crippen molar-refractivity contribution in [3.05, 3.63) is 69.2 Å². The second-order valence-corrected chi connectivity index (χ2v) is 9.20. The number of nitrogens with zero attached hydrogens (tertiary/aromatic N) is 1. The maximum atomic E-state index is 13.2. The predicted molar refractivity (Wildman–Crippen MR) is 132 cm³/mol. The Balaban J connectivity index is 2.13. The van der Waals surface area contributed by atoms with E-state index < -0.39 is 6.04 Å². The topological polar surface area (TPSA) is 49.4 Å². The van der Waals surface area contributed by atoms with E-state index in [4.69, 9.17) is 23.2 Å². The number of nitrogens with one attached hydrogen (secondary N) is 1. The first-order chi connectivity index (χ1) is 14.9. The molecule has 168 valence electrons. The van der Waals surface area contributed by atoms with Crippen LogP contribution in [0.5, 0.6) is 0 Å². The average molecular weight is 481 g/mol. The summed E-state index contributed by atoms with van der Waals surface area (Å²) in [7, 11) is 0. The second kappa shape index (κ2) is 13.0. The number of halogens is 2. The molecular formula is C24H30Cl2N2O2S. The smallest absolute Gasteiger partial charge is 0.242 e. The molecule has 0 aliphatic carbocycles. The largest absolute Gasteiger partial charge is 0.354 e. The first-order valence-electron chi connectivity index (χ1n) is 10.5. The van der Waals surface area contributed by atoms with E-state index in [-0.39, 0.29) is 17.6 Å². The summed E-state index contributed by atoms with van der Waals surface area (Å²) in [5, 5.41) is 3.96. The molecule has 2 rings (SSSR count). The minimum absolute atomic E-state index is 0.0492. The summed E-state index contributed by atoms with van der Waals surface area (Å²) >= 11 is 13.6. The van der Waals surface area contributed by atoms with Gasteiger partial charge in [0.1, 0.15) is 6.04 Å². The van der Waals surface area contributed by atoms with Gasteiger partial charge in [-0.25, -0.2) is 0 Å². The molecule has 7 heteroatoms. The van der Waals surface area contributed by atoms with Crippen molar-refractivity contribution in [3.63, 3.8) is 0 Å². The molecule has 1 N–H and O–H groups in total. The van der Waals surface area contributed by atoms with Crippen molar-refractivity contribution in [2.24, 2.45) is 0 Å². The first-order valence-corrected chi connectivity index (χ1v) is 12.4. The number of rotatable bonds is 11. The number of carbonyl (C=O) groups excluding carboxylic acids is 2. The minimum atomic E-state index is -0.496. The Labute approximate surface area is 199 Å². The van der Waals surface area contributed by atoms with Crippen molar-refractivity contribution in [2.45, 2.75) is 52.0 Å². The van der Waals surface area contributed by atoms with Crippen LogP contribution in [-0.2, 0) is 21.9 Å². The standard InChI is InChI=1S/C24H30Cl2N2O2S/c1-4-12-27-24(30)22(5-2)28(14-19-9-7-6-8-17(19)3)23(29)16-31-15-18-10-11-20(25)21(26)13-18/h6-11,13,22H,4-5,12,14-16H2,1-3H3,(H,27,30). The third kappa shape index (κ3) is 7.74. The van der Waals surface area contributed by atoms with Crippen molar-refractivity contribution >= 4 is 46.8 Å². The number of benzene rings is 2. The molecule has 0 aliphatic heterocycles. The van der Waals surface area contributed by atoms with Gasteiger partial charge >= 0.3 is 0 Å². The average Bonchev–Trinajstić information content (AvgIpc) is 2.75. The molecule has 31 heavy (non-hydrogen) atoms. The number of aryl methyl sites for hydroxylation is 1. The highest BCUT2D eigenvalue weighted by atomic mass is 35.5. The molecule has 0 saturated heterocycles. The van der Waals surface area contributed by atoms with Crippen LogP contribution < -0.4 is 5.32 Å². The fourth-order valence-corrected chi connectivity index (χ4v) is 4.40. The Hall–Kier alpha value is -1.69. The van der Waals surface area contributed by atoms with Crippen LogP contribution in [0.4, 0.5) is 0 Å². The van der Waals surface area contributed by atoms with E-state index in [1.807, 2.05) is 57.2 Å². The highest BCUT2D eigenvalue weighted by molar-refractivity contribution is 7.99. The number of amides is 2. The van der Waals surface area contributed by atoms with E-state index >= 15 is 0 Å². The highest BCUT2D eigenvalue weighted by Crippen LogP contribution is 2.25. The number of thioether (sulfide) groups is 1. The number of carbonyl (C=O) groups is 2. The van der Waals surface area contributed by atoms with Crippen LogP contribution in [0.3, 0.4) is 0 Å². The zero-order valence-corrected chi connectivity index (χ0v) is 20.6. The van der Waals surface area contributed by atoms with Gasteiger partial charge in [-0.05, 0) is 48.6 Å². The summed E-state index contributed by atoms with van der Waals surface area (Å²) in [5.41, 5.74) is 3.16. The summed E-state index contributed by atoms with van der Waals surface area (Å²) in [6.45, 7) is 6.99. The fraction of sp³-hybridized carbons (Fsp3) is 0.417. The molecule has 1 atom stereocenters. The lowest BCUT2D eigenvalue weighted by molar-refractivity contribution is -0.139. The van der Waals surface area contributed by atoms with Gasteiger partial charge in [0.05, 0.1) is 15.8 Å². The molecule has 2 aromatic carbocycles. The summed E-state index contributed by atoms with van der Waals surface area (Å²) in [4.78, 5) is 27.7. The molecule has 0 aliphatic rings. The van der Waals surface area contributed by atoms with Crippen molar-refractivity contribution in [2.75, 3.05) is 12.3 Å². The normalized spacial score (nSPS) is 11.8. The van der Waals surface area contributed by atoms with E-state index in [2.05, 4.69) is 5.32 Å². The molecule has 2 aromatic rings. The lowest BCUT2D eigenvalue weighted by atomic mass is 10.1. The Bertz CT molecular complexity index is 892. The van der Waals surface area contributed by atoms with Gasteiger partial charge in [0, 0.05) is 18.8 Å². The van der Waals surface area contributed by atoms with Crippen molar-refractivity contribution in [1.29, 1.82) is 0 Å². The van der Waals surface area contributed by atoms with Crippen LogP contribution in [0.15, 0.2) is 42.5 Å². The monoisotopic (exact) mass is 480 g/mol. The molecule has 0 heterocycles. The number of hydrogen-bond donors (Lipinski definition) is 1. The third-order valence-corrected chi connectivity index (χ3v) is 6.74. The highest BCUT2D eigenvalue weighted by Gasteiger charge is 2.28. The molecule has 0 aromatic heterocycles. The quantitative estimate of drug-likeness (QED) is 0.437. The van der Waals surface area contributed by atoms with Crippen LogP contribution in [0.1, 0.15) is 43.4 Å². The Kier molecular flexibility index (Phi) is 10.7. The zero-order valence-electron chi connectivity index (χ0n) is 18.3. The molecule has 4 nitrogen and oxygen atoms in total. The Morgan fingerprint density at radius 1 is 1.10 bits per heavy atom. The predicted octanol–water partition coefficient (Wildman–Crippen LogP) is 5.87. The van der Waals surface area contributed by atoms with E-state index in [0.717, 1.165) is 23.1 Å². The summed E-state index contributed by atoms with van der Waals surface area (Å²) in [5.74, 6) is 0.774. The first kappa shape index (κ1) is 25.6. The molecule has 0 saturated carbocycles. The van der Waals surface area contributed by atoms with Gasteiger partial charge in [0.2, 0.25) is 11.8 Å². The Morgan fingerprint density at radius 3 is 2.48 bits per heavy atom. The van der Waals surface area contributed by atoms with Crippen LogP contribution in [0.25, 0.3) is 0 Å². The minimum Gasteiger partial charge on any atom is -0.354 e. The van der Waals surface area contributed by atoms with E-state index in [1.54, 1.807) is 11.0 Å². The van der Waals surface area contributed by atoms with Crippen molar-refractivity contribution < 1.29 is 9.59 Å². The van der Waals surface area contributed by atoms with Crippen LogP contribution in [0.2, 0.25) is 10.0 Å². The van der Waals surface area contributed by atoms with Gasteiger partial charge in [-0.1, -0.05) is 67.4 Å². The second-order valence-electron chi connectivity index (χ2n) is 7.40. The van der Waals surface area contributed by atoms with E-state index in [0.29, 0.717) is 35.3 Å². The summed E-state index contributed by atoms with van der Waals surface area (Å²) < 4.78 is 0. The van der Waals surface area contributed by atoms with Crippen LogP contribution in [0, 0.1) is 6.92 Å². The molecule has 2 amide bonds. The van der Waals surface area contributed by atoms with Crippen molar-refractivity contribution in [1.82, 2.24) is 10.2 Å². The lowest BCUT2D eigenvalue weighted by Crippen LogP contribution is -2.49. The summed E-state index contributed by atoms with van der Waals surface area (Å²) in [6, 6.07) is 13.0. The molecule has 0 radical (unpaired) electrons. The molecule has 0 fully saturated rings. The van der Waals surface area contributed by atoms with Crippen molar-refractivity contribution in [3.8, 4) is 0 Å². The zero-order chi connectivity index (χ0) is 22.8. The van der Waals surface area contributed by atoms with Gasteiger partial charge in [-0.3, -0.25) is 9.59 Å². The third-order valence-electron chi connectivity index (χ3n) is 5.02. The fourth-order valence-electron chi connectivity index (χ4n) is 3.23. The van der Waals surface area contributed by atoms with Crippen LogP contribution in [-0.4, -0.2) is 35.1 Å². The van der Waals surface area contributed by atoms with Crippen LogP contribution >= 0.6 is 35.0 Å². The van der Waals surface area contributed by atoms with Gasteiger partial charge in [0.25, 0.3) is 0 Å². The molecular weight excluding hydrogens is 451 g/mol. The van der Waals surface area contributed by atoms with Gasteiger partial charge in [-0.15, -0.1) is 11.8 Å². The Morgan fingerprint density at radius 2 is 1.84 bits per heavy atom. The molecule has 0 spiro atoms. The van der Waals surface area contributed by atoms with E-state index in [1.165, 1.54) is 11.8 Å². The van der Waals surface area contributed by atoms with E-state index in [9.17, 15) is 9.59 Å². The summed E-state index contributed by atoms with van der Waals surface area (Å²) in [6.07, 6.45) is 1.41. The molecule has 1 unspecified atom stereocenters. The SMILES string of the molecule is CCCNC(=O)C(CC)N(Cc1ccccc1C)C(=O)CSCc1ccc(Cl)c(Cl)c1. The van der Waals surface area contributed by atoms with Gasteiger partial charge in [0.15, 0.2) is 0 Å². The number of hydrogen-bond acceptors (Lipinski definition) is 3. The van der Waals surface area contributed by atoms with Gasteiger partial charge in [-0.2, -0.15) is 0 Å². The molecule has 0 bridgehead atoms. The van der Waals surface area contributed by atoms with Gasteiger partial charge < -0.3 is 10.2 Å².